The minimum absolute atomic E-state index is 0.0241. The lowest BCUT2D eigenvalue weighted by atomic mass is 9.92. The number of amides is 1. The van der Waals surface area contributed by atoms with Gasteiger partial charge in [0, 0.05) is 18.7 Å². The van der Waals surface area contributed by atoms with E-state index >= 15 is 0 Å². The van der Waals surface area contributed by atoms with Gasteiger partial charge in [-0.1, -0.05) is 32.0 Å². The third-order valence-electron chi connectivity index (χ3n) is 5.57. The Morgan fingerprint density at radius 2 is 1.93 bits per heavy atom. The average molecular weight is 414 g/mol. The molecule has 1 fully saturated rings. The highest BCUT2D eigenvalue weighted by Gasteiger charge is 2.29. The van der Waals surface area contributed by atoms with Gasteiger partial charge in [-0.2, -0.15) is 0 Å². The van der Waals surface area contributed by atoms with Gasteiger partial charge in [0.15, 0.2) is 0 Å². The van der Waals surface area contributed by atoms with E-state index < -0.39 is 0 Å². The number of fused-ring (bicyclic) bond motifs is 1. The number of thiophene rings is 1. The van der Waals surface area contributed by atoms with Crippen molar-refractivity contribution < 1.29 is 9.18 Å². The Morgan fingerprint density at radius 3 is 2.62 bits per heavy atom. The zero-order chi connectivity index (χ0) is 20.7. The Bertz CT molecular complexity index is 1130. The lowest BCUT2D eigenvalue weighted by Gasteiger charge is -2.34. The maximum atomic E-state index is 14.0. The Labute approximate surface area is 172 Å². The van der Waals surface area contributed by atoms with Crippen molar-refractivity contribution in [2.24, 2.45) is 11.8 Å². The van der Waals surface area contributed by atoms with E-state index in [9.17, 15) is 14.0 Å². The molecule has 1 aliphatic rings. The van der Waals surface area contributed by atoms with E-state index in [-0.39, 0.29) is 23.8 Å². The highest BCUT2D eigenvalue weighted by Crippen LogP contribution is 2.30. The molecule has 0 radical (unpaired) electrons. The number of piperidine rings is 1. The summed E-state index contributed by atoms with van der Waals surface area (Å²) in [5.41, 5.74) is 0.851. The fourth-order valence-electron chi connectivity index (χ4n) is 4.26. The number of rotatable bonds is 3. The van der Waals surface area contributed by atoms with Crippen LogP contribution in [0.1, 0.15) is 41.1 Å². The molecule has 0 saturated carbocycles. The standard InChI is InChI=1S/C22H24FN3O2S/c1-13-8-14(2)10-25(9-13)22(28)19-15(3)18-20(29-19)24-12-26(21(18)27)11-16-6-4-5-7-17(16)23/h4-7,12-14H,8-11H2,1-3H3/t13-,14-/m0/s1. The van der Waals surface area contributed by atoms with Gasteiger partial charge in [0.05, 0.1) is 23.1 Å². The van der Waals surface area contributed by atoms with Crippen LogP contribution in [0.4, 0.5) is 4.39 Å². The zero-order valence-corrected chi connectivity index (χ0v) is 17.6. The molecular formula is C22H24FN3O2S. The summed E-state index contributed by atoms with van der Waals surface area (Å²) in [6.07, 6.45) is 2.56. The molecule has 1 amide bonds. The summed E-state index contributed by atoms with van der Waals surface area (Å²) in [6.45, 7) is 7.71. The Kier molecular flexibility index (Phi) is 5.25. The molecule has 0 spiro atoms. The van der Waals surface area contributed by atoms with Crippen molar-refractivity contribution in [1.29, 1.82) is 0 Å². The number of aromatic nitrogens is 2. The van der Waals surface area contributed by atoms with Gasteiger partial charge in [-0.15, -0.1) is 11.3 Å². The maximum Gasteiger partial charge on any atom is 0.264 e. The van der Waals surface area contributed by atoms with E-state index in [0.717, 1.165) is 19.5 Å². The zero-order valence-electron chi connectivity index (χ0n) is 16.8. The summed E-state index contributed by atoms with van der Waals surface area (Å²) in [6, 6.07) is 6.38. The fourth-order valence-corrected chi connectivity index (χ4v) is 5.37. The molecule has 2 atom stereocenters. The second kappa shape index (κ2) is 7.71. The van der Waals surface area contributed by atoms with Crippen molar-refractivity contribution in [3.05, 3.63) is 62.8 Å². The van der Waals surface area contributed by atoms with Gasteiger partial charge in [0.25, 0.3) is 11.5 Å². The molecule has 152 valence electrons. The maximum absolute atomic E-state index is 14.0. The molecule has 0 unspecified atom stereocenters. The predicted octanol–water partition coefficient (Wildman–Crippen LogP) is 4.07. The normalized spacial score (nSPS) is 19.7. The third kappa shape index (κ3) is 3.71. The van der Waals surface area contributed by atoms with Gasteiger partial charge in [-0.3, -0.25) is 14.2 Å². The molecule has 2 aromatic heterocycles. The minimum Gasteiger partial charge on any atom is -0.337 e. The summed E-state index contributed by atoms with van der Waals surface area (Å²) < 4.78 is 15.4. The van der Waals surface area contributed by atoms with Crippen molar-refractivity contribution in [2.75, 3.05) is 13.1 Å². The van der Waals surface area contributed by atoms with E-state index in [1.807, 2.05) is 4.90 Å². The van der Waals surface area contributed by atoms with Crippen LogP contribution in [0.2, 0.25) is 0 Å². The van der Waals surface area contributed by atoms with Gasteiger partial charge in [0.2, 0.25) is 0 Å². The first-order valence-electron chi connectivity index (χ1n) is 9.86. The highest BCUT2D eigenvalue weighted by molar-refractivity contribution is 7.20. The van der Waals surface area contributed by atoms with Crippen LogP contribution in [-0.4, -0.2) is 33.4 Å². The van der Waals surface area contributed by atoms with Crippen LogP contribution in [0.25, 0.3) is 10.2 Å². The van der Waals surface area contributed by atoms with Crippen LogP contribution in [0.5, 0.6) is 0 Å². The van der Waals surface area contributed by atoms with Crippen LogP contribution in [-0.2, 0) is 6.54 Å². The average Bonchev–Trinajstić information content (AvgIpc) is 3.01. The molecule has 1 aliphatic heterocycles. The van der Waals surface area contributed by atoms with Crippen molar-refractivity contribution in [3.8, 4) is 0 Å². The monoisotopic (exact) mass is 413 g/mol. The summed E-state index contributed by atoms with van der Waals surface area (Å²) >= 11 is 1.27. The van der Waals surface area contributed by atoms with Gasteiger partial charge in [-0.05, 0) is 36.8 Å². The number of aryl methyl sites for hydroxylation is 1. The number of carbonyl (C=O) groups excluding carboxylic acids is 1. The van der Waals surface area contributed by atoms with Crippen molar-refractivity contribution in [1.82, 2.24) is 14.5 Å². The number of halogens is 1. The first kappa shape index (κ1) is 19.8. The Hall–Kier alpha value is -2.54. The molecule has 7 heteroatoms. The first-order valence-corrected chi connectivity index (χ1v) is 10.7. The molecular weight excluding hydrogens is 389 g/mol. The smallest absolute Gasteiger partial charge is 0.264 e. The third-order valence-corrected chi connectivity index (χ3v) is 6.75. The number of nitrogens with zero attached hydrogens (tertiary/aromatic N) is 3. The second-order valence-corrected chi connectivity index (χ2v) is 9.16. The summed E-state index contributed by atoms with van der Waals surface area (Å²) in [5, 5.41) is 0.454. The molecule has 29 heavy (non-hydrogen) atoms. The number of hydrogen-bond donors (Lipinski definition) is 0. The lowest BCUT2D eigenvalue weighted by molar-refractivity contribution is 0.0627. The Balaban J connectivity index is 1.71. The minimum atomic E-state index is -0.356. The van der Waals surface area contributed by atoms with Gasteiger partial charge in [0.1, 0.15) is 10.6 Å². The van der Waals surface area contributed by atoms with E-state index in [1.54, 1.807) is 25.1 Å². The highest BCUT2D eigenvalue weighted by atomic mass is 32.1. The summed E-state index contributed by atoms with van der Waals surface area (Å²) in [5.74, 6) is 0.553. The molecule has 0 bridgehead atoms. The number of carbonyl (C=O) groups is 1. The Morgan fingerprint density at radius 1 is 1.24 bits per heavy atom. The molecule has 4 rings (SSSR count). The van der Waals surface area contributed by atoms with Crippen molar-refractivity contribution in [3.63, 3.8) is 0 Å². The first-order chi connectivity index (χ1) is 13.8. The van der Waals surface area contributed by atoms with E-state index in [0.29, 0.717) is 38.1 Å². The second-order valence-electron chi connectivity index (χ2n) is 8.16. The van der Waals surface area contributed by atoms with E-state index in [1.165, 1.54) is 28.3 Å². The van der Waals surface area contributed by atoms with Crippen molar-refractivity contribution in [2.45, 2.75) is 33.7 Å². The van der Waals surface area contributed by atoms with Crippen LogP contribution in [0.15, 0.2) is 35.4 Å². The number of benzene rings is 1. The van der Waals surface area contributed by atoms with Gasteiger partial charge in [-0.25, -0.2) is 9.37 Å². The van der Waals surface area contributed by atoms with Gasteiger partial charge < -0.3 is 4.90 Å². The van der Waals surface area contributed by atoms with Crippen molar-refractivity contribution >= 4 is 27.5 Å². The van der Waals surface area contributed by atoms with Crippen LogP contribution >= 0.6 is 11.3 Å². The number of likely N-dealkylation sites (tertiary alicyclic amines) is 1. The van der Waals surface area contributed by atoms with Gasteiger partial charge >= 0.3 is 0 Å². The molecule has 1 saturated heterocycles. The predicted molar refractivity (Wildman–Crippen MR) is 113 cm³/mol. The van der Waals surface area contributed by atoms with Crippen LogP contribution in [0, 0.1) is 24.6 Å². The summed E-state index contributed by atoms with van der Waals surface area (Å²) in [4.78, 5) is 33.7. The summed E-state index contributed by atoms with van der Waals surface area (Å²) in [7, 11) is 0. The molecule has 0 N–H and O–H groups in total. The van der Waals surface area contributed by atoms with Crippen LogP contribution < -0.4 is 5.56 Å². The number of hydrogen-bond acceptors (Lipinski definition) is 4. The topological polar surface area (TPSA) is 55.2 Å². The van der Waals surface area contributed by atoms with E-state index in [2.05, 4.69) is 18.8 Å². The fraction of sp³-hybridized carbons (Fsp3) is 0.409. The van der Waals surface area contributed by atoms with Crippen LogP contribution in [0.3, 0.4) is 0 Å². The lowest BCUT2D eigenvalue weighted by Crippen LogP contribution is -2.42. The molecule has 3 aromatic rings. The molecule has 3 heterocycles. The molecule has 1 aromatic carbocycles. The molecule has 0 aliphatic carbocycles. The van der Waals surface area contributed by atoms with E-state index in [4.69, 9.17) is 0 Å². The largest absolute Gasteiger partial charge is 0.337 e. The SMILES string of the molecule is Cc1c(C(=O)N2C[C@@H](C)C[C@H](C)C2)sc2ncn(Cc3ccccc3F)c(=O)c12. The molecule has 5 nitrogen and oxygen atoms in total. The quantitative estimate of drug-likeness (QED) is 0.650.